The number of anilines is 1. The Hall–Kier alpha value is -2.90. The van der Waals surface area contributed by atoms with Crippen molar-refractivity contribution in [1.82, 2.24) is 14.5 Å². The number of para-hydroxylation sites is 1. The number of H-pyrrole nitrogens is 1. The minimum absolute atomic E-state index is 0.101. The van der Waals surface area contributed by atoms with E-state index in [0.29, 0.717) is 12.5 Å². The van der Waals surface area contributed by atoms with E-state index < -0.39 is 17.3 Å². The number of nitrogens with zero attached hydrogens (tertiary/aromatic N) is 2. The van der Waals surface area contributed by atoms with E-state index in [1.165, 1.54) is 12.1 Å². The Kier molecular flexibility index (Phi) is 5.51. The number of carbonyl (C=O) groups is 1. The Labute approximate surface area is 138 Å². The molecule has 0 atom stereocenters. The molecule has 0 aliphatic carbocycles. The fourth-order valence-corrected chi connectivity index (χ4v) is 2.06. The number of hydrogen-bond acceptors (Lipinski definition) is 6. The quantitative estimate of drug-likeness (QED) is 0.769. The fourth-order valence-electron chi connectivity index (χ4n) is 2.06. The summed E-state index contributed by atoms with van der Waals surface area (Å²) in [6.07, 6.45) is 0. The lowest BCUT2D eigenvalue weighted by molar-refractivity contribution is 0.0526. The Morgan fingerprint density at radius 3 is 2.67 bits per heavy atom. The molecule has 1 aromatic carbocycles. The van der Waals surface area contributed by atoms with Crippen molar-refractivity contribution in [1.29, 1.82) is 0 Å². The molecule has 1 aromatic heterocycles. The van der Waals surface area contributed by atoms with Gasteiger partial charge in [0, 0.05) is 6.54 Å². The second-order valence-corrected chi connectivity index (χ2v) is 5.52. The highest BCUT2D eigenvalue weighted by Crippen LogP contribution is 2.12. The first-order valence-electron chi connectivity index (χ1n) is 7.67. The van der Waals surface area contributed by atoms with Gasteiger partial charge < -0.3 is 10.1 Å². The molecule has 24 heavy (non-hydrogen) atoms. The van der Waals surface area contributed by atoms with Gasteiger partial charge in [-0.25, -0.2) is 19.0 Å². The molecule has 2 aromatic rings. The number of aromatic amines is 1. The molecule has 0 spiro atoms. The summed E-state index contributed by atoms with van der Waals surface area (Å²) < 4.78 is 5.77. The van der Waals surface area contributed by atoms with Gasteiger partial charge in [0.1, 0.15) is 0 Å². The highest BCUT2D eigenvalue weighted by Gasteiger charge is 2.17. The second-order valence-electron chi connectivity index (χ2n) is 5.52. The zero-order valence-electron chi connectivity index (χ0n) is 13.8. The molecule has 128 valence electrons. The number of aromatic nitrogens is 3. The van der Waals surface area contributed by atoms with Gasteiger partial charge in [-0.3, -0.25) is 4.98 Å². The molecule has 8 nitrogen and oxygen atoms in total. The number of carbonyl (C=O) groups excluding carboxylic acids is 1. The first-order chi connectivity index (χ1) is 11.4. The van der Waals surface area contributed by atoms with Crippen LogP contribution in [-0.4, -0.2) is 33.7 Å². The molecule has 0 radical (unpaired) electrons. The summed E-state index contributed by atoms with van der Waals surface area (Å²) in [5, 5.41) is 2.89. The van der Waals surface area contributed by atoms with E-state index in [0.717, 1.165) is 4.57 Å². The number of esters is 1. The molecular formula is C16H20N4O4. The largest absolute Gasteiger partial charge is 0.462 e. The van der Waals surface area contributed by atoms with Crippen LogP contribution in [0.2, 0.25) is 0 Å². The van der Waals surface area contributed by atoms with Crippen molar-refractivity contribution in [3.8, 4) is 5.69 Å². The van der Waals surface area contributed by atoms with Crippen LogP contribution in [-0.2, 0) is 4.74 Å². The lowest BCUT2D eigenvalue weighted by atomic mass is 10.2. The van der Waals surface area contributed by atoms with Gasteiger partial charge in [-0.1, -0.05) is 26.0 Å². The molecule has 0 aliphatic rings. The number of ether oxygens (including phenoxy) is 1. The molecule has 0 amide bonds. The summed E-state index contributed by atoms with van der Waals surface area (Å²) in [6.45, 7) is 6.40. The Balaban J connectivity index is 2.49. The van der Waals surface area contributed by atoms with Gasteiger partial charge in [0.2, 0.25) is 5.95 Å². The average molecular weight is 332 g/mol. The lowest BCUT2D eigenvalue weighted by Gasteiger charge is -2.11. The maximum Gasteiger partial charge on any atom is 0.359 e. The van der Waals surface area contributed by atoms with Crippen molar-refractivity contribution in [2.24, 2.45) is 5.92 Å². The molecular weight excluding hydrogens is 312 g/mol. The van der Waals surface area contributed by atoms with Crippen molar-refractivity contribution in [3.63, 3.8) is 0 Å². The third-order valence-corrected chi connectivity index (χ3v) is 3.15. The molecule has 2 rings (SSSR count). The lowest BCUT2D eigenvalue weighted by Crippen LogP contribution is -2.37. The van der Waals surface area contributed by atoms with E-state index in [1.807, 2.05) is 13.8 Å². The summed E-state index contributed by atoms with van der Waals surface area (Å²) in [7, 11) is 0. The molecule has 2 N–H and O–H groups in total. The molecule has 0 aliphatic heterocycles. The zero-order chi connectivity index (χ0) is 17.7. The number of hydrogen-bond donors (Lipinski definition) is 2. The summed E-state index contributed by atoms with van der Waals surface area (Å²) in [4.78, 5) is 42.9. The predicted octanol–water partition coefficient (Wildman–Crippen LogP) is 1.17. The Morgan fingerprint density at radius 2 is 2.04 bits per heavy atom. The zero-order valence-corrected chi connectivity index (χ0v) is 13.8. The molecule has 0 saturated carbocycles. The summed E-state index contributed by atoms with van der Waals surface area (Å²) in [5.41, 5.74) is -1.21. The first kappa shape index (κ1) is 17.5. The molecule has 0 fully saturated rings. The number of rotatable bonds is 6. The standard InChI is InChI=1S/C16H20N4O4/c1-4-24-13(21)11-7-5-6-8-12(11)20-15(22)18-14(19-16(20)23)17-9-10(2)3/h5-8,10H,4,9H2,1-3H3,(H2,17,18,19,22,23). The van der Waals surface area contributed by atoms with E-state index in [-0.39, 0.29) is 23.8 Å². The summed E-state index contributed by atoms with van der Waals surface area (Å²) in [5.74, 6) is -0.188. The minimum atomic E-state index is -0.776. The van der Waals surface area contributed by atoms with Crippen molar-refractivity contribution in [2.45, 2.75) is 20.8 Å². The topological polar surface area (TPSA) is 106 Å². The molecule has 8 heteroatoms. The SMILES string of the molecule is CCOC(=O)c1ccccc1-n1c(=O)nc(NCC(C)C)[nH]c1=O. The second kappa shape index (κ2) is 7.58. The van der Waals surface area contributed by atoms with Crippen LogP contribution in [0.25, 0.3) is 5.69 Å². The molecule has 0 saturated heterocycles. The highest BCUT2D eigenvalue weighted by molar-refractivity contribution is 5.93. The average Bonchev–Trinajstić information content (AvgIpc) is 2.53. The van der Waals surface area contributed by atoms with Crippen LogP contribution in [0.4, 0.5) is 5.95 Å². The van der Waals surface area contributed by atoms with Gasteiger partial charge in [0.15, 0.2) is 0 Å². The fraction of sp³-hybridized carbons (Fsp3) is 0.375. The van der Waals surface area contributed by atoms with Crippen LogP contribution >= 0.6 is 0 Å². The van der Waals surface area contributed by atoms with Crippen LogP contribution in [0.15, 0.2) is 33.9 Å². The van der Waals surface area contributed by atoms with Gasteiger partial charge in [-0.15, -0.1) is 0 Å². The Morgan fingerprint density at radius 1 is 1.33 bits per heavy atom. The van der Waals surface area contributed by atoms with Crippen molar-refractivity contribution in [2.75, 3.05) is 18.5 Å². The number of benzene rings is 1. The van der Waals surface area contributed by atoms with Crippen LogP contribution < -0.4 is 16.7 Å². The Bertz CT molecular complexity index is 807. The van der Waals surface area contributed by atoms with Crippen molar-refractivity contribution < 1.29 is 9.53 Å². The maximum atomic E-state index is 12.3. The highest BCUT2D eigenvalue weighted by atomic mass is 16.5. The summed E-state index contributed by atoms with van der Waals surface area (Å²) >= 11 is 0. The smallest absolute Gasteiger partial charge is 0.359 e. The van der Waals surface area contributed by atoms with Crippen LogP contribution in [0.3, 0.4) is 0 Å². The van der Waals surface area contributed by atoms with Gasteiger partial charge in [0.25, 0.3) is 0 Å². The molecule has 0 unspecified atom stereocenters. The maximum absolute atomic E-state index is 12.3. The third-order valence-electron chi connectivity index (χ3n) is 3.15. The van der Waals surface area contributed by atoms with Gasteiger partial charge in [0.05, 0.1) is 17.9 Å². The van der Waals surface area contributed by atoms with Gasteiger partial charge >= 0.3 is 17.3 Å². The molecule has 1 heterocycles. The van der Waals surface area contributed by atoms with Crippen LogP contribution in [0.1, 0.15) is 31.1 Å². The van der Waals surface area contributed by atoms with E-state index in [4.69, 9.17) is 4.74 Å². The normalized spacial score (nSPS) is 10.7. The minimum Gasteiger partial charge on any atom is -0.462 e. The van der Waals surface area contributed by atoms with Crippen LogP contribution in [0, 0.1) is 5.92 Å². The van der Waals surface area contributed by atoms with E-state index in [1.54, 1.807) is 19.1 Å². The van der Waals surface area contributed by atoms with Gasteiger partial charge in [-0.05, 0) is 25.0 Å². The monoisotopic (exact) mass is 332 g/mol. The van der Waals surface area contributed by atoms with E-state index in [9.17, 15) is 14.4 Å². The molecule has 0 bridgehead atoms. The van der Waals surface area contributed by atoms with Crippen LogP contribution in [0.5, 0.6) is 0 Å². The third kappa shape index (κ3) is 3.89. The van der Waals surface area contributed by atoms with Crippen molar-refractivity contribution >= 4 is 11.9 Å². The van der Waals surface area contributed by atoms with Gasteiger partial charge in [-0.2, -0.15) is 4.98 Å². The number of nitrogens with one attached hydrogen (secondary N) is 2. The van der Waals surface area contributed by atoms with E-state index in [2.05, 4.69) is 15.3 Å². The predicted molar refractivity (Wildman–Crippen MR) is 89.7 cm³/mol. The van der Waals surface area contributed by atoms with E-state index >= 15 is 0 Å². The summed E-state index contributed by atoms with van der Waals surface area (Å²) in [6, 6.07) is 6.23. The van der Waals surface area contributed by atoms with Crippen molar-refractivity contribution in [3.05, 3.63) is 50.8 Å². The first-order valence-corrected chi connectivity index (χ1v) is 7.67.